The first-order valence-corrected chi connectivity index (χ1v) is 9.23. The van der Waals surface area contributed by atoms with E-state index in [0.29, 0.717) is 18.7 Å². The minimum absolute atomic E-state index is 0.0102. The summed E-state index contributed by atoms with van der Waals surface area (Å²) in [6.45, 7) is 11.4. The number of anilines is 1. The van der Waals surface area contributed by atoms with Crippen molar-refractivity contribution in [3.8, 4) is 0 Å². The van der Waals surface area contributed by atoms with Crippen molar-refractivity contribution in [3.05, 3.63) is 46.2 Å². The maximum absolute atomic E-state index is 12.6. The zero-order valence-electron chi connectivity index (χ0n) is 17.3. The summed E-state index contributed by atoms with van der Waals surface area (Å²) in [6.07, 6.45) is 3.59. The van der Waals surface area contributed by atoms with Crippen molar-refractivity contribution in [2.24, 2.45) is 0 Å². The number of hydrogen-bond acceptors (Lipinski definition) is 6. The van der Waals surface area contributed by atoms with Gasteiger partial charge in [0.1, 0.15) is 17.0 Å². The van der Waals surface area contributed by atoms with Gasteiger partial charge >= 0.3 is 6.09 Å². The van der Waals surface area contributed by atoms with Crippen LogP contribution in [0.4, 0.5) is 16.2 Å². The summed E-state index contributed by atoms with van der Waals surface area (Å²) in [6, 6.07) is 4.71. The normalized spacial score (nSPS) is 19.1. The van der Waals surface area contributed by atoms with Gasteiger partial charge in [0.05, 0.1) is 17.6 Å². The van der Waals surface area contributed by atoms with Crippen LogP contribution in [-0.4, -0.2) is 39.9 Å². The van der Waals surface area contributed by atoms with Gasteiger partial charge < -0.3 is 14.8 Å². The average Bonchev–Trinajstić information content (AvgIpc) is 2.84. The van der Waals surface area contributed by atoms with Crippen molar-refractivity contribution in [3.63, 3.8) is 0 Å². The Morgan fingerprint density at radius 2 is 2.14 bits per heavy atom. The quantitative estimate of drug-likeness (QED) is 0.583. The number of carbonyl (C=O) groups is 1. The molecule has 0 radical (unpaired) electrons. The fourth-order valence-electron chi connectivity index (χ4n) is 3.04. The van der Waals surface area contributed by atoms with Crippen LogP contribution in [0.1, 0.15) is 46.6 Å². The molecule has 0 spiro atoms. The minimum atomic E-state index is -0.760. The highest BCUT2D eigenvalue weighted by atomic mass is 16.6. The largest absolute Gasteiger partial charge is 0.444 e. The molecule has 1 N–H and O–H groups in total. The first-order chi connectivity index (χ1) is 12.9. The van der Waals surface area contributed by atoms with Crippen molar-refractivity contribution in [2.45, 2.75) is 65.3 Å². The third-order valence-electron chi connectivity index (χ3n) is 4.28. The van der Waals surface area contributed by atoms with E-state index in [4.69, 9.17) is 9.47 Å². The molecule has 1 aliphatic heterocycles. The molecule has 154 valence electrons. The summed E-state index contributed by atoms with van der Waals surface area (Å²) in [4.78, 5) is 24.9. The molecule has 0 saturated carbocycles. The molecule has 1 aliphatic rings. The third-order valence-corrected chi connectivity index (χ3v) is 4.28. The molecule has 2 rings (SSSR count). The van der Waals surface area contributed by atoms with Crippen molar-refractivity contribution in [2.75, 3.05) is 11.9 Å². The molecule has 0 aromatic heterocycles. The zero-order valence-corrected chi connectivity index (χ0v) is 17.3. The van der Waals surface area contributed by atoms with Gasteiger partial charge in [-0.15, -0.1) is 0 Å². The molecule has 1 amide bonds. The van der Waals surface area contributed by atoms with Crippen LogP contribution in [0.5, 0.6) is 0 Å². The van der Waals surface area contributed by atoms with Gasteiger partial charge in [0.15, 0.2) is 0 Å². The zero-order chi connectivity index (χ0) is 21.1. The highest BCUT2D eigenvalue weighted by Crippen LogP contribution is 2.31. The lowest BCUT2D eigenvalue weighted by Crippen LogP contribution is -2.49. The lowest BCUT2D eigenvalue weighted by Gasteiger charge is -2.34. The molecule has 1 saturated heterocycles. The van der Waals surface area contributed by atoms with E-state index in [2.05, 4.69) is 5.32 Å². The van der Waals surface area contributed by atoms with Crippen LogP contribution in [0, 0.1) is 17.0 Å². The van der Waals surface area contributed by atoms with Crippen LogP contribution in [0.25, 0.3) is 0 Å². The van der Waals surface area contributed by atoms with E-state index < -0.39 is 22.3 Å². The van der Waals surface area contributed by atoms with Crippen LogP contribution in [-0.2, 0) is 9.47 Å². The number of benzene rings is 1. The van der Waals surface area contributed by atoms with Crippen molar-refractivity contribution >= 4 is 17.5 Å². The van der Waals surface area contributed by atoms with Gasteiger partial charge in [-0.2, -0.15) is 0 Å². The molecule has 0 bridgehead atoms. The molecule has 1 fully saturated rings. The molecular formula is C20H29N3O5. The van der Waals surface area contributed by atoms with Gasteiger partial charge in [0, 0.05) is 6.07 Å². The smallest absolute Gasteiger partial charge is 0.412 e. The number of nitrogens with one attached hydrogen (secondary N) is 1. The number of ether oxygens (including phenoxy) is 2. The SMILES string of the molecule is Cc1ccc([N+](=O)[O-])c(N/C=C/C[C@H]2COC(C)(C)N2C(=O)OC(C)(C)C)c1. The van der Waals surface area contributed by atoms with Gasteiger partial charge in [-0.3, -0.25) is 15.0 Å². The Hall–Kier alpha value is -2.61. The van der Waals surface area contributed by atoms with E-state index >= 15 is 0 Å². The molecule has 8 heteroatoms. The summed E-state index contributed by atoms with van der Waals surface area (Å²) < 4.78 is 11.3. The number of nitro benzene ring substituents is 1. The standard InChI is InChI=1S/C20H29N3O5/c1-14-9-10-17(23(25)26)16(12-14)21-11-7-8-15-13-27-20(5,6)22(15)18(24)28-19(2,3)4/h7,9-12,15,21H,8,13H2,1-6H3/b11-7+/t15-/m0/s1. The van der Waals surface area contributed by atoms with E-state index in [1.807, 2.05) is 47.6 Å². The average molecular weight is 391 g/mol. The van der Waals surface area contributed by atoms with Gasteiger partial charge in [0.2, 0.25) is 0 Å². The molecular weight excluding hydrogens is 362 g/mol. The fraction of sp³-hybridized carbons (Fsp3) is 0.550. The number of nitrogens with zero attached hydrogens (tertiary/aromatic N) is 2. The summed E-state index contributed by atoms with van der Waals surface area (Å²) in [7, 11) is 0. The number of rotatable bonds is 5. The Balaban J connectivity index is 2.06. The number of amides is 1. The number of carbonyl (C=O) groups excluding carboxylic acids is 1. The van der Waals surface area contributed by atoms with Crippen molar-refractivity contribution in [1.29, 1.82) is 0 Å². The Kier molecular flexibility index (Phi) is 6.34. The summed E-state index contributed by atoms with van der Waals surface area (Å²) in [5, 5.41) is 14.1. The molecule has 0 aliphatic carbocycles. The van der Waals surface area contributed by atoms with Gasteiger partial charge in [0.25, 0.3) is 5.69 Å². The second kappa shape index (κ2) is 8.18. The van der Waals surface area contributed by atoms with Crippen molar-refractivity contribution < 1.29 is 19.2 Å². The monoisotopic (exact) mass is 391 g/mol. The second-order valence-corrected chi connectivity index (χ2v) is 8.32. The Morgan fingerprint density at radius 1 is 1.46 bits per heavy atom. The Morgan fingerprint density at radius 3 is 2.75 bits per heavy atom. The van der Waals surface area contributed by atoms with Crippen LogP contribution in [0.2, 0.25) is 0 Å². The molecule has 1 aromatic rings. The maximum atomic E-state index is 12.6. The summed E-state index contributed by atoms with van der Waals surface area (Å²) in [5.74, 6) is 0. The molecule has 1 heterocycles. The Labute approximate surface area is 165 Å². The summed E-state index contributed by atoms with van der Waals surface area (Å²) in [5.41, 5.74) is -0.00135. The summed E-state index contributed by atoms with van der Waals surface area (Å²) >= 11 is 0. The van der Waals surface area contributed by atoms with Gasteiger partial charge in [-0.05, 0) is 65.8 Å². The highest BCUT2D eigenvalue weighted by Gasteiger charge is 2.45. The number of aryl methyl sites for hydroxylation is 1. The van der Waals surface area contributed by atoms with Crippen LogP contribution in [0.3, 0.4) is 0 Å². The third kappa shape index (κ3) is 5.45. The lowest BCUT2D eigenvalue weighted by atomic mass is 10.1. The van der Waals surface area contributed by atoms with Crippen LogP contribution < -0.4 is 5.32 Å². The van der Waals surface area contributed by atoms with Gasteiger partial charge in [-0.25, -0.2) is 4.79 Å². The lowest BCUT2D eigenvalue weighted by molar-refractivity contribution is -0.383. The molecule has 28 heavy (non-hydrogen) atoms. The predicted octanol–water partition coefficient (Wildman–Crippen LogP) is 4.59. The molecule has 1 atom stereocenters. The topological polar surface area (TPSA) is 93.9 Å². The maximum Gasteiger partial charge on any atom is 0.412 e. The Bertz CT molecular complexity index is 768. The minimum Gasteiger partial charge on any atom is -0.444 e. The van der Waals surface area contributed by atoms with E-state index in [0.717, 1.165) is 5.56 Å². The van der Waals surface area contributed by atoms with E-state index in [9.17, 15) is 14.9 Å². The molecule has 0 unspecified atom stereocenters. The fourth-order valence-corrected chi connectivity index (χ4v) is 3.04. The molecule has 8 nitrogen and oxygen atoms in total. The van der Waals surface area contributed by atoms with Gasteiger partial charge in [-0.1, -0.05) is 12.1 Å². The van der Waals surface area contributed by atoms with E-state index in [-0.39, 0.29) is 11.7 Å². The highest BCUT2D eigenvalue weighted by molar-refractivity contribution is 5.70. The first-order valence-electron chi connectivity index (χ1n) is 9.23. The van der Waals surface area contributed by atoms with Crippen LogP contribution in [0.15, 0.2) is 30.5 Å². The first kappa shape index (κ1) is 21.7. The van der Waals surface area contributed by atoms with E-state index in [1.54, 1.807) is 23.2 Å². The number of nitro groups is 1. The molecule has 1 aromatic carbocycles. The second-order valence-electron chi connectivity index (χ2n) is 8.32. The van der Waals surface area contributed by atoms with E-state index in [1.165, 1.54) is 6.07 Å². The van der Waals surface area contributed by atoms with Crippen molar-refractivity contribution in [1.82, 2.24) is 4.90 Å². The van der Waals surface area contributed by atoms with Crippen LogP contribution >= 0.6 is 0 Å². The predicted molar refractivity (Wildman–Crippen MR) is 107 cm³/mol. The number of hydrogen-bond donors (Lipinski definition) is 1.